The van der Waals surface area contributed by atoms with Gasteiger partial charge in [-0.1, -0.05) is 31.9 Å². The Balaban J connectivity index is 2.78. The number of pyridine rings is 1. The number of aromatic nitrogens is 1. The molecule has 60 valence electrons. The molecule has 0 aliphatic heterocycles. The molecule has 11 heavy (non-hydrogen) atoms. The summed E-state index contributed by atoms with van der Waals surface area (Å²) >= 11 is 10.2. The zero-order valence-electron chi connectivity index (χ0n) is 5.60. The SMILES string of the molecule is Brc1cccnc1CC(Br)Br. The molecule has 1 nitrogen and oxygen atoms in total. The van der Waals surface area contributed by atoms with Crippen LogP contribution in [-0.4, -0.2) is 8.72 Å². The maximum absolute atomic E-state index is 4.21. The quantitative estimate of drug-likeness (QED) is 0.749. The van der Waals surface area contributed by atoms with E-state index < -0.39 is 0 Å². The molecule has 1 heterocycles. The second kappa shape index (κ2) is 4.58. The highest BCUT2D eigenvalue weighted by molar-refractivity contribution is 9.24. The molecule has 0 unspecified atom stereocenters. The lowest BCUT2D eigenvalue weighted by molar-refractivity contribution is 1.02. The summed E-state index contributed by atoms with van der Waals surface area (Å²) in [7, 11) is 0. The van der Waals surface area contributed by atoms with Crippen LogP contribution in [0.2, 0.25) is 0 Å². The molecular formula is C7H6Br3N. The predicted octanol–water partition coefficient (Wildman–Crippen LogP) is 3.50. The minimum atomic E-state index is 0.293. The summed E-state index contributed by atoms with van der Waals surface area (Å²) in [6.45, 7) is 0. The molecule has 0 atom stereocenters. The second-order valence-electron chi connectivity index (χ2n) is 2.03. The Hall–Kier alpha value is 0.590. The van der Waals surface area contributed by atoms with E-state index in [0.717, 1.165) is 16.6 Å². The maximum atomic E-state index is 4.21. The minimum absolute atomic E-state index is 0.293. The lowest BCUT2D eigenvalue weighted by Gasteiger charge is -2.02. The Morgan fingerprint density at radius 2 is 2.18 bits per heavy atom. The number of hydrogen-bond acceptors (Lipinski definition) is 1. The summed E-state index contributed by atoms with van der Waals surface area (Å²) in [5, 5.41) is 0. The van der Waals surface area contributed by atoms with E-state index in [2.05, 4.69) is 52.8 Å². The molecule has 0 fully saturated rings. The predicted molar refractivity (Wildman–Crippen MR) is 57.3 cm³/mol. The van der Waals surface area contributed by atoms with Gasteiger partial charge in [0.2, 0.25) is 0 Å². The van der Waals surface area contributed by atoms with Crippen LogP contribution in [0.25, 0.3) is 0 Å². The smallest absolute Gasteiger partial charge is 0.0753 e. The van der Waals surface area contributed by atoms with Crippen molar-refractivity contribution in [1.29, 1.82) is 0 Å². The number of rotatable bonds is 2. The summed E-state index contributed by atoms with van der Waals surface area (Å²) in [6, 6.07) is 3.90. The van der Waals surface area contributed by atoms with Crippen molar-refractivity contribution in [3.05, 3.63) is 28.5 Å². The van der Waals surface area contributed by atoms with E-state index in [1.807, 2.05) is 12.1 Å². The number of halogens is 3. The van der Waals surface area contributed by atoms with E-state index >= 15 is 0 Å². The van der Waals surface area contributed by atoms with Crippen LogP contribution in [0.1, 0.15) is 5.69 Å². The van der Waals surface area contributed by atoms with E-state index in [4.69, 9.17) is 0 Å². The number of alkyl halides is 2. The molecule has 0 spiro atoms. The van der Waals surface area contributed by atoms with Gasteiger partial charge in [-0.15, -0.1) is 0 Å². The van der Waals surface area contributed by atoms with Crippen molar-refractivity contribution in [3.63, 3.8) is 0 Å². The molecule has 0 saturated carbocycles. The molecule has 0 radical (unpaired) electrons. The van der Waals surface area contributed by atoms with Crippen LogP contribution in [0.15, 0.2) is 22.8 Å². The van der Waals surface area contributed by atoms with Crippen LogP contribution >= 0.6 is 47.8 Å². The van der Waals surface area contributed by atoms with Crippen molar-refractivity contribution < 1.29 is 0 Å². The Labute approximate surface area is 91.0 Å². The maximum Gasteiger partial charge on any atom is 0.0753 e. The first-order valence-corrected chi connectivity index (χ1v) is 5.70. The van der Waals surface area contributed by atoms with E-state index in [-0.39, 0.29) is 0 Å². The Kier molecular flexibility index (Phi) is 4.02. The Morgan fingerprint density at radius 1 is 1.45 bits per heavy atom. The van der Waals surface area contributed by atoms with Crippen LogP contribution in [0.4, 0.5) is 0 Å². The fraction of sp³-hybridized carbons (Fsp3) is 0.286. The van der Waals surface area contributed by atoms with E-state index in [1.54, 1.807) is 6.20 Å². The highest BCUT2D eigenvalue weighted by Gasteiger charge is 2.04. The standard InChI is InChI=1S/C7H6Br3N/c8-5-2-1-3-11-6(5)4-7(9)10/h1-3,7H,4H2. The van der Waals surface area contributed by atoms with Crippen molar-refractivity contribution in [3.8, 4) is 0 Å². The average Bonchev–Trinajstić information content (AvgIpc) is 1.93. The molecule has 4 heteroatoms. The van der Waals surface area contributed by atoms with Crippen LogP contribution in [-0.2, 0) is 6.42 Å². The van der Waals surface area contributed by atoms with Crippen LogP contribution in [0.3, 0.4) is 0 Å². The fourth-order valence-corrected chi connectivity index (χ4v) is 1.74. The molecule has 0 N–H and O–H groups in total. The Bertz CT molecular complexity index is 237. The van der Waals surface area contributed by atoms with Gasteiger partial charge in [0.05, 0.1) is 9.43 Å². The van der Waals surface area contributed by atoms with Gasteiger partial charge in [0, 0.05) is 17.1 Å². The van der Waals surface area contributed by atoms with E-state index in [9.17, 15) is 0 Å². The number of nitrogens with zero attached hydrogens (tertiary/aromatic N) is 1. The first-order chi connectivity index (χ1) is 5.20. The normalized spacial score (nSPS) is 10.5. The van der Waals surface area contributed by atoms with Crippen LogP contribution < -0.4 is 0 Å². The lowest BCUT2D eigenvalue weighted by atomic mass is 10.3. The zero-order chi connectivity index (χ0) is 8.27. The molecule has 0 amide bonds. The van der Waals surface area contributed by atoms with Gasteiger partial charge in [0.1, 0.15) is 0 Å². The van der Waals surface area contributed by atoms with Gasteiger partial charge in [-0.3, -0.25) is 4.98 Å². The van der Waals surface area contributed by atoms with Gasteiger partial charge in [0.15, 0.2) is 0 Å². The highest BCUT2D eigenvalue weighted by Crippen LogP contribution is 2.20. The Morgan fingerprint density at radius 3 is 2.73 bits per heavy atom. The van der Waals surface area contributed by atoms with Gasteiger partial charge < -0.3 is 0 Å². The van der Waals surface area contributed by atoms with Crippen molar-refractivity contribution in [2.45, 2.75) is 10.2 Å². The minimum Gasteiger partial charge on any atom is -0.260 e. The number of hydrogen-bond donors (Lipinski definition) is 0. The monoisotopic (exact) mass is 341 g/mol. The highest BCUT2D eigenvalue weighted by atomic mass is 79.9. The molecule has 1 aromatic rings. The molecular weight excluding hydrogens is 338 g/mol. The fourth-order valence-electron chi connectivity index (χ4n) is 0.715. The third-order valence-electron chi connectivity index (χ3n) is 1.18. The first kappa shape index (κ1) is 9.68. The first-order valence-electron chi connectivity index (χ1n) is 3.07. The molecule has 0 aliphatic rings. The van der Waals surface area contributed by atoms with Crippen LogP contribution in [0.5, 0.6) is 0 Å². The summed E-state index contributed by atoms with van der Waals surface area (Å²) in [4.78, 5) is 4.21. The lowest BCUT2D eigenvalue weighted by Crippen LogP contribution is -1.96. The van der Waals surface area contributed by atoms with E-state index in [0.29, 0.717) is 3.74 Å². The largest absolute Gasteiger partial charge is 0.260 e. The second-order valence-corrected chi connectivity index (χ2v) is 6.32. The molecule has 1 aromatic heterocycles. The molecule has 0 aromatic carbocycles. The zero-order valence-corrected chi connectivity index (χ0v) is 10.4. The topological polar surface area (TPSA) is 12.9 Å². The molecule has 0 aliphatic carbocycles. The average molecular weight is 344 g/mol. The van der Waals surface area contributed by atoms with E-state index in [1.165, 1.54) is 0 Å². The third kappa shape index (κ3) is 3.22. The van der Waals surface area contributed by atoms with Crippen molar-refractivity contribution in [2.24, 2.45) is 0 Å². The van der Waals surface area contributed by atoms with Gasteiger partial charge in [-0.2, -0.15) is 0 Å². The van der Waals surface area contributed by atoms with Crippen molar-refractivity contribution in [2.75, 3.05) is 0 Å². The summed E-state index contributed by atoms with van der Waals surface area (Å²) < 4.78 is 1.35. The molecule has 0 bridgehead atoms. The van der Waals surface area contributed by atoms with Gasteiger partial charge >= 0.3 is 0 Å². The van der Waals surface area contributed by atoms with Gasteiger partial charge in [-0.25, -0.2) is 0 Å². The molecule has 1 rings (SSSR count). The summed E-state index contributed by atoms with van der Waals surface area (Å²) in [5.74, 6) is 0. The summed E-state index contributed by atoms with van der Waals surface area (Å²) in [6.07, 6.45) is 2.67. The van der Waals surface area contributed by atoms with Crippen molar-refractivity contribution >= 4 is 47.8 Å². The van der Waals surface area contributed by atoms with Gasteiger partial charge in [-0.05, 0) is 28.1 Å². The van der Waals surface area contributed by atoms with Crippen molar-refractivity contribution in [1.82, 2.24) is 4.98 Å². The third-order valence-corrected chi connectivity index (χ3v) is 2.55. The van der Waals surface area contributed by atoms with Crippen LogP contribution in [0, 0.1) is 0 Å². The molecule has 0 saturated heterocycles. The van der Waals surface area contributed by atoms with Gasteiger partial charge in [0.25, 0.3) is 0 Å². The summed E-state index contributed by atoms with van der Waals surface area (Å²) in [5.41, 5.74) is 1.06.